The van der Waals surface area contributed by atoms with Crippen LogP contribution < -0.4 is 15.8 Å². The van der Waals surface area contributed by atoms with Gasteiger partial charge in [-0.2, -0.15) is 0 Å². The second-order valence-electron chi connectivity index (χ2n) is 6.43. The van der Waals surface area contributed by atoms with E-state index in [2.05, 4.69) is 5.32 Å². The normalized spacial score (nSPS) is 26.8. The number of amides is 1. The molecule has 2 aliphatic heterocycles. The minimum Gasteiger partial charge on any atom is -0.487 e. The highest BCUT2D eigenvalue weighted by Gasteiger charge is 2.36. The number of nitrogens with one attached hydrogen (secondary N) is 1. The first kappa shape index (κ1) is 14.2. The number of ether oxygens (including phenoxy) is 2. The van der Waals surface area contributed by atoms with Crippen LogP contribution in [0.1, 0.15) is 44.7 Å². The number of rotatable bonds is 2. The average molecular weight is 290 g/mol. The van der Waals surface area contributed by atoms with Crippen molar-refractivity contribution in [1.82, 2.24) is 5.32 Å². The van der Waals surface area contributed by atoms with Gasteiger partial charge in [-0.25, -0.2) is 0 Å². The molecule has 1 fully saturated rings. The van der Waals surface area contributed by atoms with Crippen LogP contribution in [0, 0.1) is 0 Å². The van der Waals surface area contributed by atoms with E-state index in [0.717, 1.165) is 24.2 Å². The van der Waals surface area contributed by atoms with Gasteiger partial charge in [0.15, 0.2) is 0 Å². The van der Waals surface area contributed by atoms with Gasteiger partial charge in [0, 0.05) is 24.3 Å². The summed E-state index contributed by atoms with van der Waals surface area (Å²) in [6.45, 7) is 4.72. The lowest BCUT2D eigenvalue weighted by molar-refractivity contribution is -0.131. The highest BCUT2D eigenvalue weighted by Crippen LogP contribution is 2.40. The van der Waals surface area contributed by atoms with Crippen LogP contribution in [0.5, 0.6) is 5.75 Å². The quantitative estimate of drug-likeness (QED) is 0.819. The van der Waals surface area contributed by atoms with E-state index in [1.54, 1.807) is 0 Å². The molecule has 0 saturated carbocycles. The molecule has 3 rings (SSSR count). The van der Waals surface area contributed by atoms with Crippen LogP contribution in [0.3, 0.4) is 0 Å². The van der Waals surface area contributed by atoms with Crippen molar-refractivity contribution < 1.29 is 14.3 Å². The molecule has 0 radical (unpaired) electrons. The molecule has 1 aromatic carbocycles. The summed E-state index contributed by atoms with van der Waals surface area (Å²) in [5.74, 6) is 0.752. The third kappa shape index (κ3) is 2.97. The van der Waals surface area contributed by atoms with E-state index in [4.69, 9.17) is 15.2 Å². The fourth-order valence-corrected chi connectivity index (χ4v) is 3.05. The molecule has 5 heteroatoms. The zero-order chi connectivity index (χ0) is 15.0. The number of carbonyl (C=O) groups excluding carboxylic acids is 1. The van der Waals surface area contributed by atoms with Gasteiger partial charge in [0.1, 0.15) is 17.5 Å². The lowest BCUT2D eigenvalue weighted by atomic mass is 9.89. The fraction of sp³-hybridized carbons (Fsp3) is 0.562. The van der Waals surface area contributed by atoms with Crippen molar-refractivity contribution >= 4 is 11.6 Å². The molecule has 3 N–H and O–H groups in total. The third-order valence-electron chi connectivity index (χ3n) is 4.03. The molecule has 5 nitrogen and oxygen atoms in total. The molecule has 114 valence electrons. The molecular weight excluding hydrogens is 268 g/mol. The molecule has 1 amide bonds. The van der Waals surface area contributed by atoms with Gasteiger partial charge in [0.05, 0.1) is 6.04 Å². The summed E-state index contributed by atoms with van der Waals surface area (Å²) in [6, 6.07) is 5.48. The Morgan fingerprint density at radius 1 is 1.43 bits per heavy atom. The fourth-order valence-electron chi connectivity index (χ4n) is 3.05. The first-order valence-electron chi connectivity index (χ1n) is 7.45. The van der Waals surface area contributed by atoms with Crippen molar-refractivity contribution in [3.05, 3.63) is 23.8 Å². The van der Waals surface area contributed by atoms with E-state index in [1.165, 1.54) is 0 Å². The van der Waals surface area contributed by atoms with E-state index in [0.29, 0.717) is 18.7 Å². The Kier molecular flexibility index (Phi) is 3.53. The lowest BCUT2D eigenvalue weighted by Gasteiger charge is -2.38. The number of fused-ring (bicyclic) bond motifs is 1. The van der Waals surface area contributed by atoms with Gasteiger partial charge >= 0.3 is 0 Å². The Hall–Kier alpha value is -1.75. The van der Waals surface area contributed by atoms with Gasteiger partial charge in [-0.15, -0.1) is 0 Å². The molecule has 0 spiro atoms. The summed E-state index contributed by atoms with van der Waals surface area (Å²) < 4.78 is 11.4. The predicted octanol–water partition coefficient (Wildman–Crippen LogP) is 2.17. The summed E-state index contributed by atoms with van der Waals surface area (Å²) in [6.07, 6.45) is 2.13. The molecule has 0 aliphatic carbocycles. The Morgan fingerprint density at radius 2 is 2.24 bits per heavy atom. The second kappa shape index (κ2) is 5.22. The van der Waals surface area contributed by atoms with E-state index in [-0.39, 0.29) is 23.7 Å². The van der Waals surface area contributed by atoms with Crippen molar-refractivity contribution in [3.8, 4) is 5.75 Å². The van der Waals surface area contributed by atoms with E-state index in [9.17, 15) is 4.79 Å². The Balaban J connectivity index is 1.83. The average Bonchev–Trinajstić information content (AvgIpc) is 2.93. The molecular formula is C16H22N2O3. The van der Waals surface area contributed by atoms with Gasteiger partial charge in [0.2, 0.25) is 5.91 Å². The summed E-state index contributed by atoms with van der Waals surface area (Å²) in [5, 5.41) is 3.10. The van der Waals surface area contributed by atoms with Crippen molar-refractivity contribution in [2.75, 3.05) is 12.3 Å². The van der Waals surface area contributed by atoms with Gasteiger partial charge < -0.3 is 20.5 Å². The van der Waals surface area contributed by atoms with Crippen molar-refractivity contribution in [3.63, 3.8) is 0 Å². The second-order valence-corrected chi connectivity index (χ2v) is 6.43. The monoisotopic (exact) mass is 290 g/mol. The number of carbonyl (C=O) groups is 1. The number of hydrogen-bond donors (Lipinski definition) is 2. The molecule has 21 heavy (non-hydrogen) atoms. The van der Waals surface area contributed by atoms with Crippen molar-refractivity contribution in [2.24, 2.45) is 0 Å². The van der Waals surface area contributed by atoms with Gasteiger partial charge in [-0.1, -0.05) is 0 Å². The van der Waals surface area contributed by atoms with Gasteiger partial charge in [-0.3, -0.25) is 4.79 Å². The molecule has 1 aromatic rings. The minimum atomic E-state index is -0.322. The highest BCUT2D eigenvalue weighted by atomic mass is 16.5. The molecule has 2 unspecified atom stereocenters. The van der Waals surface area contributed by atoms with Crippen LogP contribution >= 0.6 is 0 Å². The molecule has 0 aromatic heterocycles. The Morgan fingerprint density at radius 3 is 2.95 bits per heavy atom. The molecule has 2 atom stereocenters. The van der Waals surface area contributed by atoms with Crippen molar-refractivity contribution in [1.29, 1.82) is 0 Å². The number of nitrogens with two attached hydrogens (primary N) is 1. The number of nitrogen functional groups attached to an aromatic ring is 1. The summed E-state index contributed by atoms with van der Waals surface area (Å²) in [4.78, 5) is 12.3. The smallest absolute Gasteiger partial charge is 0.249 e. The summed E-state index contributed by atoms with van der Waals surface area (Å²) in [7, 11) is 0. The van der Waals surface area contributed by atoms with Crippen LogP contribution in [0.25, 0.3) is 0 Å². The maximum absolute atomic E-state index is 12.3. The zero-order valence-corrected chi connectivity index (χ0v) is 12.5. The highest BCUT2D eigenvalue weighted by molar-refractivity contribution is 5.81. The molecule has 1 saturated heterocycles. The third-order valence-corrected chi connectivity index (χ3v) is 4.03. The first-order valence-corrected chi connectivity index (χ1v) is 7.45. The van der Waals surface area contributed by atoms with Crippen LogP contribution in [0.2, 0.25) is 0 Å². The number of anilines is 1. The maximum Gasteiger partial charge on any atom is 0.249 e. The van der Waals surface area contributed by atoms with E-state index in [1.807, 2.05) is 32.0 Å². The maximum atomic E-state index is 12.3. The van der Waals surface area contributed by atoms with Crippen LogP contribution in [-0.2, 0) is 9.53 Å². The largest absolute Gasteiger partial charge is 0.487 e. The number of benzene rings is 1. The van der Waals surface area contributed by atoms with Crippen LogP contribution in [0.15, 0.2) is 18.2 Å². The topological polar surface area (TPSA) is 73.6 Å². The molecule has 2 heterocycles. The SMILES string of the molecule is CC1(C)CC(NC(=O)C2CCCO2)c2cc(N)ccc2O1. The van der Waals surface area contributed by atoms with E-state index >= 15 is 0 Å². The molecule has 2 aliphatic rings. The molecule has 0 bridgehead atoms. The standard InChI is InChI=1S/C16H22N2O3/c1-16(2)9-12(18-15(19)14-4-3-7-20-14)11-8-10(17)5-6-13(11)21-16/h5-6,8,12,14H,3-4,7,9,17H2,1-2H3,(H,18,19). The van der Waals surface area contributed by atoms with Gasteiger partial charge in [0.25, 0.3) is 0 Å². The van der Waals surface area contributed by atoms with Crippen molar-refractivity contribution in [2.45, 2.75) is 50.9 Å². The van der Waals surface area contributed by atoms with Crippen LogP contribution in [0.4, 0.5) is 5.69 Å². The van der Waals surface area contributed by atoms with Crippen LogP contribution in [-0.4, -0.2) is 24.2 Å². The lowest BCUT2D eigenvalue weighted by Crippen LogP contribution is -2.44. The Bertz CT molecular complexity index is 550. The predicted molar refractivity (Wildman–Crippen MR) is 80.0 cm³/mol. The van der Waals surface area contributed by atoms with Gasteiger partial charge in [-0.05, 0) is 44.9 Å². The first-order chi connectivity index (χ1) is 9.94. The van der Waals surface area contributed by atoms with E-state index < -0.39 is 0 Å². The number of hydrogen-bond acceptors (Lipinski definition) is 4. The zero-order valence-electron chi connectivity index (χ0n) is 12.5. The summed E-state index contributed by atoms with van der Waals surface area (Å²) in [5.41, 5.74) is 7.17. The minimum absolute atomic E-state index is 0.0384. The summed E-state index contributed by atoms with van der Waals surface area (Å²) >= 11 is 0. The Labute approximate surface area is 124 Å².